The zero-order chi connectivity index (χ0) is 23.7. The molecule has 0 saturated carbocycles. The van der Waals surface area contributed by atoms with Gasteiger partial charge in [-0.1, -0.05) is 30.3 Å². The Morgan fingerprint density at radius 3 is 2.31 bits per heavy atom. The fourth-order valence-electron chi connectivity index (χ4n) is 3.83. The monoisotopic (exact) mass is 448 g/mol. The number of hydrogen-bond donors (Lipinski definition) is 0. The lowest BCUT2D eigenvalue weighted by Gasteiger charge is -2.42. The Morgan fingerprint density at radius 2 is 1.72 bits per heavy atom. The van der Waals surface area contributed by atoms with E-state index in [2.05, 4.69) is 0 Å². The summed E-state index contributed by atoms with van der Waals surface area (Å²) in [6.45, 7) is 10.6. The number of benzene rings is 1. The Hall–Kier alpha value is -2.61. The first-order valence-electron chi connectivity index (χ1n) is 11.2. The lowest BCUT2D eigenvalue weighted by Crippen LogP contribution is -2.56. The van der Waals surface area contributed by atoms with Crippen molar-refractivity contribution in [2.45, 2.75) is 59.2 Å². The number of hydrogen-bond acceptors (Lipinski definition) is 7. The van der Waals surface area contributed by atoms with Crippen LogP contribution in [0.25, 0.3) is 0 Å². The van der Waals surface area contributed by atoms with E-state index in [0.29, 0.717) is 19.5 Å². The molecule has 1 saturated heterocycles. The van der Waals surface area contributed by atoms with Crippen molar-refractivity contribution >= 4 is 18.0 Å². The predicted molar refractivity (Wildman–Crippen MR) is 120 cm³/mol. The summed E-state index contributed by atoms with van der Waals surface area (Å²) in [5, 5.41) is 0. The van der Waals surface area contributed by atoms with Crippen molar-refractivity contribution in [1.29, 1.82) is 0 Å². The van der Waals surface area contributed by atoms with Gasteiger partial charge in [0.05, 0.1) is 25.7 Å². The Bertz CT molecular complexity index is 762. The zero-order valence-electron chi connectivity index (χ0n) is 19.8. The van der Waals surface area contributed by atoms with Gasteiger partial charge in [0.1, 0.15) is 5.60 Å². The average Bonchev–Trinajstić information content (AvgIpc) is 2.73. The van der Waals surface area contributed by atoms with Crippen LogP contribution in [0.2, 0.25) is 0 Å². The molecule has 0 unspecified atom stereocenters. The van der Waals surface area contributed by atoms with Gasteiger partial charge in [0.15, 0.2) is 0 Å². The van der Waals surface area contributed by atoms with Gasteiger partial charge in [-0.3, -0.25) is 14.5 Å². The summed E-state index contributed by atoms with van der Waals surface area (Å²) in [4.78, 5) is 41.4. The lowest BCUT2D eigenvalue weighted by atomic mass is 9.90. The van der Waals surface area contributed by atoms with Gasteiger partial charge >= 0.3 is 18.0 Å². The summed E-state index contributed by atoms with van der Waals surface area (Å²) >= 11 is 0. The van der Waals surface area contributed by atoms with Crippen LogP contribution in [0.5, 0.6) is 0 Å². The topological polar surface area (TPSA) is 85.4 Å². The molecule has 1 fully saturated rings. The Kier molecular flexibility index (Phi) is 9.50. The molecule has 0 N–H and O–H groups in total. The van der Waals surface area contributed by atoms with Gasteiger partial charge in [0.2, 0.25) is 0 Å². The molecule has 1 heterocycles. The number of carbonyl (C=O) groups is 3. The van der Waals surface area contributed by atoms with E-state index in [0.717, 1.165) is 5.56 Å². The smallest absolute Gasteiger partial charge is 0.410 e. The highest BCUT2D eigenvalue weighted by molar-refractivity contribution is 5.76. The van der Waals surface area contributed by atoms with Crippen LogP contribution in [0.3, 0.4) is 0 Å². The van der Waals surface area contributed by atoms with Crippen LogP contribution in [-0.2, 0) is 30.3 Å². The van der Waals surface area contributed by atoms with Gasteiger partial charge in [0.25, 0.3) is 0 Å². The molecule has 0 spiro atoms. The van der Waals surface area contributed by atoms with Crippen molar-refractivity contribution in [3.63, 3.8) is 0 Å². The second-order valence-electron chi connectivity index (χ2n) is 8.84. The molecule has 0 radical (unpaired) electrons. The number of amides is 1. The maximum absolute atomic E-state index is 12.9. The minimum absolute atomic E-state index is 0.0513. The molecular weight excluding hydrogens is 412 g/mol. The van der Waals surface area contributed by atoms with Crippen LogP contribution in [0.15, 0.2) is 30.3 Å². The third-order valence-electron chi connectivity index (χ3n) is 5.15. The van der Waals surface area contributed by atoms with E-state index in [1.54, 1.807) is 39.5 Å². The third kappa shape index (κ3) is 7.82. The summed E-state index contributed by atoms with van der Waals surface area (Å²) < 4.78 is 16.0. The molecule has 0 aromatic heterocycles. The SMILES string of the molecule is CCOC(=O)CN(Cc1ccccc1)[C@@H]1CCN(C(=O)OC(C)(C)C)C[C@@H]1C(=O)OCC. The molecular formula is C24H36N2O6. The molecule has 8 nitrogen and oxygen atoms in total. The van der Waals surface area contributed by atoms with Crippen LogP contribution in [0.4, 0.5) is 4.79 Å². The van der Waals surface area contributed by atoms with Crippen LogP contribution in [0, 0.1) is 5.92 Å². The number of rotatable bonds is 8. The minimum atomic E-state index is -0.628. The lowest BCUT2D eigenvalue weighted by molar-refractivity contribution is -0.156. The van der Waals surface area contributed by atoms with Gasteiger partial charge in [-0.2, -0.15) is 0 Å². The summed E-state index contributed by atoms with van der Waals surface area (Å²) in [6.07, 6.45) is 0.0554. The largest absolute Gasteiger partial charge is 0.466 e. The van der Waals surface area contributed by atoms with Crippen LogP contribution < -0.4 is 0 Å². The molecule has 0 bridgehead atoms. The number of ether oxygens (including phenoxy) is 3. The van der Waals surface area contributed by atoms with E-state index in [4.69, 9.17) is 14.2 Å². The maximum atomic E-state index is 12.9. The molecule has 178 valence electrons. The Balaban J connectivity index is 2.27. The minimum Gasteiger partial charge on any atom is -0.466 e. The van der Waals surface area contributed by atoms with E-state index in [-0.39, 0.29) is 44.3 Å². The van der Waals surface area contributed by atoms with Crippen LogP contribution in [0.1, 0.15) is 46.6 Å². The second-order valence-corrected chi connectivity index (χ2v) is 8.84. The summed E-state index contributed by atoms with van der Waals surface area (Å²) in [5.74, 6) is -1.33. The van der Waals surface area contributed by atoms with E-state index in [9.17, 15) is 14.4 Å². The molecule has 0 aliphatic carbocycles. The normalized spacial score (nSPS) is 18.9. The van der Waals surface area contributed by atoms with Crippen LogP contribution in [-0.4, -0.2) is 72.3 Å². The van der Waals surface area contributed by atoms with Crippen molar-refractivity contribution in [2.24, 2.45) is 5.92 Å². The molecule has 8 heteroatoms. The molecule has 1 amide bonds. The average molecular weight is 449 g/mol. The van der Waals surface area contributed by atoms with E-state index in [1.807, 2.05) is 35.2 Å². The second kappa shape index (κ2) is 11.9. The number of carbonyl (C=O) groups excluding carboxylic acids is 3. The molecule has 32 heavy (non-hydrogen) atoms. The summed E-state index contributed by atoms with van der Waals surface area (Å²) in [5.41, 5.74) is 0.394. The molecule has 2 rings (SSSR count). The van der Waals surface area contributed by atoms with Gasteiger partial charge in [-0.25, -0.2) is 4.79 Å². The Labute approximate surface area is 190 Å². The molecule has 1 aromatic rings. The Morgan fingerprint density at radius 1 is 1.06 bits per heavy atom. The van der Waals surface area contributed by atoms with Gasteiger partial charge < -0.3 is 19.1 Å². The van der Waals surface area contributed by atoms with E-state index < -0.39 is 17.6 Å². The van der Waals surface area contributed by atoms with Gasteiger partial charge in [-0.05, 0) is 46.6 Å². The van der Waals surface area contributed by atoms with Crippen molar-refractivity contribution in [3.05, 3.63) is 35.9 Å². The van der Waals surface area contributed by atoms with Crippen LogP contribution >= 0.6 is 0 Å². The molecule has 1 aliphatic rings. The number of nitrogens with zero attached hydrogens (tertiary/aromatic N) is 2. The molecule has 1 aliphatic heterocycles. The highest BCUT2D eigenvalue weighted by Crippen LogP contribution is 2.27. The van der Waals surface area contributed by atoms with Crippen molar-refractivity contribution < 1.29 is 28.6 Å². The van der Waals surface area contributed by atoms with Crippen molar-refractivity contribution in [2.75, 3.05) is 32.8 Å². The summed E-state index contributed by atoms with van der Waals surface area (Å²) in [6, 6.07) is 9.48. The molecule has 1 aromatic carbocycles. The first-order chi connectivity index (χ1) is 15.1. The molecule has 2 atom stereocenters. The fourth-order valence-corrected chi connectivity index (χ4v) is 3.83. The fraction of sp³-hybridized carbons (Fsp3) is 0.625. The highest BCUT2D eigenvalue weighted by atomic mass is 16.6. The standard InChI is InChI=1S/C24H36N2O6/c1-6-30-21(27)17-26(15-18-11-9-8-10-12-18)20-13-14-25(23(29)32-24(3,4)5)16-19(20)22(28)31-7-2/h8-12,19-20H,6-7,13-17H2,1-5H3/t19-,20+/m0/s1. The number of esters is 2. The third-order valence-corrected chi connectivity index (χ3v) is 5.15. The summed E-state index contributed by atoms with van der Waals surface area (Å²) in [7, 11) is 0. The first-order valence-corrected chi connectivity index (χ1v) is 11.2. The van der Waals surface area contributed by atoms with Crippen molar-refractivity contribution in [3.8, 4) is 0 Å². The zero-order valence-corrected chi connectivity index (χ0v) is 19.8. The van der Waals surface area contributed by atoms with Crippen molar-refractivity contribution in [1.82, 2.24) is 9.80 Å². The first kappa shape index (κ1) is 25.6. The van der Waals surface area contributed by atoms with Gasteiger partial charge in [0, 0.05) is 25.7 Å². The number of piperidine rings is 1. The van der Waals surface area contributed by atoms with Gasteiger partial charge in [-0.15, -0.1) is 0 Å². The van der Waals surface area contributed by atoms with E-state index in [1.165, 1.54) is 0 Å². The predicted octanol–water partition coefficient (Wildman–Crippen LogP) is 3.24. The number of likely N-dealkylation sites (tertiary alicyclic amines) is 1. The van der Waals surface area contributed by atoms with E-state index >= 15 is 0 Å². The highest BCUT2D eigenvalue weighted by Gasteiger charge is 2.41. The maximum Gasteiger partial charge on any atom is 0.410 e. The quantitative estimate of drug-likeness (QED) is 0.446.